The summed E-state index contributed by atoms with van der Waals surface area (Å²) in [7, 11) is -1.30. The van der Waals surface area contributed by atoms with Crippen molar-refractivity contribution in [2.24, 2.45) is 0 Å². The maximum atomic E-state index is 12.1. The van der Waals surface area contributed by atoms with Crippen molar-refractivity contribution in [2.75, 3.05) is 12.4 Å². The van der Waals surface area contributed by atoms with Crippen LogP contribution in [0.15, 0.2) is 59.5 Å². The highest BCUT2D eigenvalue weighted by atomic mass is 32.2. The zero-order chi connectivity index (χ0) is 14.4. The minimum absolute atomic E-state index is 0.00199. The number of ether oxygens (including phenoxy) is 1. The van der Waals surface area contributed by atoms with Crippen LogP contribution in [0.3, 0.4) is 0 Å². The highest BCUT2D eigenvalue weighted by Gasteiger charge is 2.12. The highest BCUT2D eigenvalue weighted by molar-refractivity contribution is 7.85. The molecular formula is C16H16O3S. The molecule has 1 unspecified atom stereocenters. The van der Waals surface area contributed by atoms with Gasteiger partial charge in [0.15, 0.2) is 5.78 Å². The zero-order valence-corrected chi connectivity index (χ0v) is 12.1. The van der Waals surface area contributed by atoms with E-state index in [-0.39, 0.29) is 11.5 Å². The second kappa shape index (κ2) is 7.01. The van der Waals surface area contributed by atoms with Gasteiger partial charge in [-0.15, -0.1) is 0 Å². The van der Waals surface area contributed by atoms with Crippen LogP contribution in [0.25, 0.3) is 0 Å². The third kappa shape index (κ3) is 3.78. The Balaban J connectivity index is 2.03. The minimum atomic E-state index is -1.30. The molecule has 1 atom stereocenters. The summed E-state index contributed by atoms with van der Waals surface area (Å²) >= 11 is 0. The van der Waals surface area contributed by atoms with Crippen molar-refractivity contribution in [3.63, 3.8) is 0 Å². The number of hydrogen-bond acceptors (Lipinski definition) is 3. The quantitative estimate of drug-likeness (QED) is 0.767. The Morgan fingerprint density at radius 2 is 1.70 bits per heavy atom. The molecule has 0 bridgehead atoms. The number of hydrogen-bond donors (Lipinski definition) is 0. The van der Waals surface area contributed by atoms with Crippen molar-refractivity contribution >= 4 is 16.6 Å². The molecule has 3 nitrogen and oxygen atoms in total. The maximum Gasteiger partial charge on any atom is 0.175 e. The molecule has 0 aliphatic rings. The van der Waals surface area contributed by atoms with Crippen LogP contribution < -0.4 is 4.74 Å². The van der Waals surface area contributed by atoms with E-state index in [0.717, 1.165) is 5.75 Å². The van der Waals surface area contributed by atoms with Gasteiger partial charge in [0.2, 0.25) is 0 Å². The van der Waals surface area contributed by atoms with Gasteiger partial charge < -0.3 is 4.74 Å². The van der Waals surface area contributed by atoms with Crippen LogP contribution in [0.5, 0.6) is 5.75 Å². The molecule has 0 amide bonds. The van der Waals surface area contributed by atoms with E-state index in [4.69, 9.17) is 4.74 Å². The second-order valence-electron chi connectivity index (χ2n) is 4.18. The summed E-state index contributed by atoms with van der Waals surface area (Å²) in [5, 5.41) is 0. The number of Topliss-reactive ketones (excluding diaryl/α,β-unsaturated/α-hetero) is 1. The van der Waals surface area contributed by atoms with E-state index in [0.29, 0.717) is 17.1 Å². The van der Waals surface area contributed by atoms with Crippen molar-refractivity contribution < 1.29 is 13.7 Å². The van der Waals surface area contributed by atoms with Crippen LogP contribution in [0.1, 0.15) is 17.3 Å². The Morgan fingerprint density at radius 3 is 2.30 bits per heavy atom. The normalized spacial score (nSPS) is 11.8. The van der Waals surface area contributed by atoms with Crippen molar-refractivity contribution in [1.82, 2.24) is 0 Å². The van der Waals surface area contributed by atoms with Crippen LogP contribution in [-0.4, -0.2) is 22.4 Å². The lowest BCUT2D eigenvalue weighted by Gasteiger charge is -2.05. The Morgan fingerprint density at radius 1 is 1.05 bits per heavy atom. The highest BCUT2D eigenvalue weighted by Crippen LogP contribution is 2.14. The first-order chi connectivity index (χ1) is 9.70. The Kier molecular flexibility index (Phi) is 5.07. The van der Waals surface area contributed by atoms with Crippen molar-refractivity contribution in [3.8, 4) is 5.75 Å². The van der Waals surface area contributed by atoms with Crippen LogP contribution in [0, 0.1) is 0 Å². The lowest BCUT2D eigenvalue weighted by molar-refractivity contribution is 0.102. The number of benzene rings is 2. The Labute approximate surface area is 121 Å². The topological polar surface area (TPSA) is 43.4 Å². The number of carbonyl (C=O) groups excluding carboxylic acids is 1. The van der Waals surface area contributed by atoms with Gasteiger partial charge in [-0.25, -0.2) is 0 Å². The molecule has 104 valence electrons. The molecule has 0 heterocycles. The molecule has 2 aromatic carbocycles. The standard InChI is InChI=1S/C16H16O3S/c1-2-19-14-10-8-13(9-11-14)16(17)12-20(18)15-6-4-3-5-7-15/h3-11H,2,12H2,1H3. The maximum absolute atomic E-state index is 12.1. The Bertz CT molecular complexity index is 591. The first kappa shape index (κ1) is 14.5. The summed E-state index contributed by atoms with van der Waals surface area (Å²) in [6.07, 6.45) is 0. The fourth-order valence-corrected chi connectivity index (χ4v) is 2.79. The molecule has 0 radical (unpaired) electrons. The smallest absolute Gasteiger partial charge is 0.175 e. The summed E-state index contributed by atoms with van der Waals surface area (Å²) in [5.41, 5.74) is 0.553. The van der Waals surface area contributed by atoms with Gasteiger partial charge in [0.1, 0.15) is 5.75 Å². The molecule has 0 aromatic heterocycles. The van der Waals surface area contributed by atoms with E-state index < -0.39 is 10.8 Å². The van der Waals surface area contributed by atoms with E-state index in [1.807, 2.05) is 25.1 Å². The third-order valence-corrected chi connectivity index (χ3v) is 4.08. The first-order valence-corrected chi connectivity index (χ1v) is 7.72. The predicted molar refractivity (Wildman–Crippen MR) is 79.7 cm³/mol. The molecule has 0 aliphatic carbocycles. The van der Waals surface area contributed by atoms with Crippen LogP contribution in [-0.2, 0) is 10.8 Å². The van der Waals surface area contributed by atoms with Gasteiger partial charge in [-0.1, -0.05) is 18.2 Å². The van der Waals surface area contributed by atoms with E-state index >= 15 is 0 Å². The minimum Gasteiger partial charge on any atom is -0.494 e. The molecule has 0 N–H and O–H groups in total. The van der Waals surface area contributed by atoms with E-state index in [1.165, 1.54) is 0 Å². The molecule has 0 fully saturated rings. The van der Waals surface area contributed by atoms with Crippen LogP contribution in [0.4, 0.5) is 0 Å². The molecular weight excluding hydrogens is 272 g/mol. The average molecular weight is 288 g/mol. The van der Waals surface area contributed by atoms with Gasteiger partial charge in [0, 0.05) is 10.5 Å². The summed E-state index contributed by atoms with van der Waals surface area (Å²) in [6.45, 7) is 2.49. The molecule has 0 spiro atoms. The lowest BCUT2D eigenvalue weighted by atomic mass is 10.1. The molecule has 4 heteroatoms. The SMILES string of the molecule is CCOc1ccc(C(=O)CS(=O)c2ccccc2)cc1. The second-order valence-corrected chi connectivity index (χ2v) is 5.63. The molecule has 0 saturated heterocycles. The number of rotatable bonds is 6. The Hall–Kier alpha value is -1.94. The number of carbonyl (C=O) groups is 1. The summed E-state index contributed by atoms with van der Waals surface area (Å²) in [6, 6.07) is 15.9. The van der Waals surface area contributed by atoms with Crippen molar-refractivity contribution in [1.29, 1.82) is 0 Å². The van der Waals surface area contributed by atoms with Crippen LogP contribution in [0.2, 0.25) is 0 Å². The fraction of sp³-hybridized carbons (Fsp3) is 0.188. The van der Waals surface area contributed by atoms with Gasteiger partial charge in [-0.2, -0.15) is 0 Å². The van der Waals surface area contributed by atoms with Crippen LogP contribution >= 0.6 is 0 Å². The fourth-order valence-electron chi connectivity index (χ4n) is 1.76. The van der Waals surface area contributed by atoms with Gasteiger partial charge in [0.25, 0.3) is 0 Å². The zero-order valence-electron chi connectivity index (χ0n) is 11.2. The van der Waals surface area contributed by atoms with Gasteiger partial charge in [-0.05, 0) is 43.3 Å². The monoisotopic (exact) mass is 288 g/mol. The van der Waals surface area contributed by atoms with Gasteiger partial charge in [-0.3, -0.25) is 9.00 Å². The van der Waals surface area contributed by atoms with E-state index in [1.54, 1.807) is 36.4 Å². The van der Waals surface area contributed by atoms with E-state index in [2.05, 4.69) is 0 Å². The number of ketones is 1. The van der Waals surface area contributed by atoms with Gasteiger partial charge in [0.05, 0.1) is 23.2 Å². The summed E-state index contributed by atoms with van der Waals surface area (Å²) in [4.78, 5) is 12.7. The van der Waals surface area contributed by atoms with E-state index in [9.17, 15) is 9.00 Å². The van der Waals surface area contributed by atoms with Crippen molar-refractivity contribution in [3.05, 3.63) is 60.2 Å². The molecule has 2 aromatic rings. The lowest BCUT2D eigenvalue weighted by Crippen LogP contribution is -2.11. The van der Waals surface area contributed by atoms with Gasteiger partial charge >= 0.3 is 0 Å². The summed E-state index contributed by atoms with van der Waals surface area (Å²) in [5.74, 6) is 0.598. The third-order valence-electron chi connectivity index (χ3n) is 2.76. The molecule has 0 aliphatic heterocycles. The molecule has 2 rings (SSSR count). The largest absolute Gasteiger partial charge is 0.494 e. The first-order valence-electron chi connectivity index (χ1n) is 6.40. The summed E-state index contributed by atoms with van der Waals surface area (Å²) < 4.78 is 17.4. The molecule has 0 saturated carbocycles. The van der Waals surface area contributed by atoms with Crippen molar-refractivity contribution in [2.45, 2.75) is 11.8 Å². The molecule has 20 heavy (non-hydrogen) atoms. The predicted octanol–water partition coefficient (Wildman–Crippen LogP) is 3.08. The average Bonchev–Trinajstić information content (AvgIpc) is 2.49.